The number of nitrogens with two attached hydrogens (primary N) is 1. The van der Waals surface area contributed by atoms with Crippen LogP contribution in [0.15, 0.2) is 63.8 Å². The highest BCUT2D eigenvalue weighted by atomic mass is 35.5. The van der Waals surface area contributed by atoms with E-state index in [0.29, 0.717) is 5.01 Å². The maximum atomic E-state index is 13.2. The van der Waals surface area contributed by atoms with E-state index in [2.05, 4.69) is 31.8 Å². The van der Waals surface area contributed by atoms with Gasteiger partial charge < -0.3 is 5.73 Å². The molecule has 1 aromatic heterocycles. The van der Waals surface area contributed by atoms with Crippen LogP contribution in [0.2, 0.25) is 0 Å². The molecule has 2 N–H and O–H groups in total. The third-order valence-corrected chi connectivity index (χ3v) is 7.38. The van der Waals surface area contributed by atoms with Gasteiger partial charge in [0, 0.05) is 6.54 Å². The van der Waals surface area contributed by atoms with Gasteiger partial charge in [0.15, 0.2) is 0 Å². The first-order valence-corrected chi connectivity index (χ1v) is 10.6. The zero-order valence-corrected chi connectivity index (χ0v) is 17.9. The Kier molecular flexibility index (Phi) is 6.47. The standard InChI is InChI=1S/C20H22N2O2S2.ClH/c1-20(2,3)16-9-15(14-7-5-4-6-8-14)10-17(11-16)26(23,24)19-13-22-18(12-21)25-19;/h4-11,13H,12,21H2,1-3H3;1H. The first-order chi connectivity index (χ1) is 12.2. The molecule has 0 atom stereocenters. The van der Waals surface area contributed by atoms with Crippen molar-refractivity contribution in [2.75, 3.05) is 0 Å². The zero-order chi connectivity index (χ0) is 18.9. The monoisotopic (exact) mass is 422 g/mol. The number of halogens is 1. The van der Waals surface area contributed by atoms with Gasteiger partial charge in [0.25, 0.3) is 0 Å². The lowest BCUT2D eigenvalue weighted by atomic mass is 9.85. The molecule has 0 spiro atoms. The molecular weight excluding hydrogens is 400 g/mol. The fourth-order valence-corrected chi connectivity index (χ4v) is 5.14. The van der Waals surface area contributed by atoms with Crippen LogP contribution in [-0.2, 0) is 21.8 Å². The van der Waals surface area contributed by atoms with Crippen molar-refractivity contribution in [3.05, 3.63) is 65.3 Å². The highest BCUT2D eigenvalue weighted by Crippen LogP contribution is 2.34. The molecule has 3 rings (SSSR count). The third kappa shape index (κ3) is 4.58. The summed E-state index contributed by atoms with van der Waals surface area (Å²) < 4.78 is 26.5. The van der Waals surface area contributed by atoms with Crippen molar-refractivity contribution in [1.82, 2.24) is 4.98 Å². The Bertz CT molecular complexity index is 1020. The topological polar surface area (TPSA) is 73.0 Å². The largest absolute Gasteiger partial charge is 0.325 e. The number of hydrogen-bond acceptors (Lipinski definition) is 5. The van der Waals surface area contributed by atoms with Gasteiger partial charge in [-0.3, -0.25) is 0 Å². The minimum Gasteiger partial charge on any atom is -0.325 e. The minimum absolute atomic E-state index is 0. The van der Waals surface area contributed by atoms with Gasteiger partial charge in [-0.15, -0.1) is 23.7 Å². The fraction of sp³-hybridized carbons (Fsp3) is 0.250. The second kappa shape index (κ2) is 8.10. The summed E-state index contributed by atoms with van der Waals surface area (Å²) in [5.74, 6) is 0. The van der Waals surface area contributed by atoms with Gasteiger partial charge in [-0.1, -0.05) is 57.2 Å². The van der Waals surface area contributed by atoms with Crippen LogP contribution in [0.1, 0.15) is 31.3 Å². The summed E-state index contributed by atoms with van der Waals surface area (Å²) in [5, 5.41) is 0.610. The molecule has 27 heavy (non-hydrogen) atoms. The van der Waals surface area contributed by atoms with Gasteiger partial charge in [-0.2, -0.15) is 0 Å². The highest BCUT2D eigenvalue weighted by Gasteiger charge is 2.24. The van der Waals surface area contributed by atoms with Crippen molar-refractivity contribution >= 4 is 33.6 Å². The maximum absolute atomic E-state index is 13.2. The quantitative estimate of drug-likeness (QED) is 0.654. The molecule has 0 aliphatic rings. The molecule has 0 bridgehead atoms. The maximum Gasteiger partial charge on any atom is 0.217 e. The lowest BCUT2D eigenvalue weighted by Gasteiger charge is -2.21. The van der Waals surface area contributed by atoms with Crippen molar-refractivity contribution in [1.29, 1.82) is 0 Å². The predicted molar refractivity (Wildman–Crippen MR) is 113 cm³/mol. The Morgan fingerprint density at radius 2 is 1.70 bits per heavy atom. The van der Waals surface area contributed by atoms with Crippen LogP contribution in [-0.4, -0.2) is 13.4 Å². The van der Waals surface area contributed by atoms with E-state index in [0.717, 1.165) is 28.0 Å². The molecule has 3 aromatic rings. The normalized spacial score (nSPS) is 11.9. The van der Waals surface area contributed by atoms with Gasteiger partial charge in [-0.05, 0) is 34.2 Å². The van der Waals surface area contributed by atoms with E-state index < -0.39 is 9.84 Å². The van der Waals surface area contributed by atoms with Gasteiger partial charge in [0.05, 0.1) is 11.1 Å². The predicted octanol–water partition coefficient (Wildman–Crippen LogP) is 4.82. The summed E-state index contributed by atoms with van der Waals surface area (Å²) in [6.07, 6.45) is 1.40. The molecule has 0 saturated heterocycles. The average molecular weight is 423 g/mol. The van der Waals surface area contributed by atoms with Crippen LogP contribution in [0.5, 0.6) is 0 Å². The number of rotatable bonds is 4. The number of thiazole rings is 1. The molecule has 2 aromatic carbocycles. The third-order valence-electron chi connectivity index (χ3n) is 4.16. The number of benzene rings is 2. The Hall–Kier alpha value is -1.73. The first kappa shape index (κ1) is 21.6. The molecule has 1 heterocycles. The molecule has 144 valence electrons. The Labute approximate surface area is 170 Å². The van der Waals surface area contributed by atoms with E-state index >= 15 is 0 Å². The minimum atomic E-state index is -3.64. The second-order valence-electron chi connectivity index (χ2n) is 7.14. The molecule has 0 amide bonds. The van der Waals surface area contributed by atoms with Crippen molar-refractivity contribution in [2.45, 2.75) is 41.8 Å². The SMILES string of the molecule is CC(C)(C)c1cc(-c2ccccc2)cc(S(=O)(=O)c2cnc(CN)s2)c1.Cl. The summed E-state index contributed by atoms with van der Waals surface area (Å²) in [7, 11) is -3.64. The van der Waals surface area contributed by atoms with E-state index in [1.807, 2.05) is 30.3 Å². The van der Waals surface area contributed by atoms with Crippen LogP contribution in [0.4, 0.5) is 0 Å². The van der Waals surface area contributed by atoms with Crippen molar-refractivity contribution in [3.63, 3.8) is 0 Å². The number of aromatic nitrogens is 1. The van der Waals surface area contributed by atoms with Crippen molar-refractivity contribution < 1.29 is 8.42 Å². The summed E-state index contributed by atoms with van der Waals surface area (Å²) in [4.78, 5) is 4.38. The average Bonchev–Trinajstić information content (AvgIpc) is 3.11. The smallest absolute Gasteiger partial charge is 0.217 e. The molecule has 0 saturated carbocycles. The molecule has 0 aliphatic carbocycles. The Balaban J connectivity index is 0.00000261. The number of sulfone groups is 1. The molecule has 0 radical (unpaired) electrons. The van der Waals surface area contributed by atoms with Crippen LogP contribution in [0.25, 0.3) is 11.1 Å². The van der Waals surface area contributed by atoms with Crippen molar-refractivity contribution in [3.8, 4) is 11.1 Å². The van der Waals surface area contributed by atoms with E-state index in [4.69, 9.17) is 5.73 Å². The van der Waals surface area contributed by atoms with E-state index in [9.17, 15) is 8.42 Å². The molecule has 4 nitrogen and oxygen atoms in total. The lowest BCUT2D eigenvalue weighted by Crippen LogP contribution is -2.13. The number of nitrogens with zero attached hydrogens (tertiary/aromatic N) is 1. The van der Waals surface area contributed by atoms with Gasteiger partial charge in [0.2, 0.25) is 9.84 Å². The summed E-state index contributed by atoms with van der Waals surface area (Å²) in [6.45, 7) is 6.46. The van der Waals surface area contributed by atoms with Gasteiger partial charge >= 0.3 is 0 Å². The fourth-order valence-electron chi connectivity index (χ4n) is 2.61. The number of hydrogen-bond donors (Lipinski definition) is 1. The van der Waals surface area contributed by atoms with Crippen LogP contribution >= 0.6 is 23.7 Å². The molecule has 0 aliphatic heterocycles. The van der Waals surface area contributed by atoms with Crippen LogP contribution in [0, 0.1) is 0 Å². The second-order valence-corrected chi connectivity index (χ2v) is 10.4. The van der Waals surface area contributed by atoms with Gasteiger partial charge in [-0.25, -0.2) is 13.4 Å². The summed E-state index contributed by atoms with van der Waals surface area (Å²) in [5.41, 5.74) is 8.25. The van der Waals surface area contributed by atoms with E-state index in [1.54, 1.807) is 12.1 Å². The molecular formula is C20H23ClN2O2S2. The molecule has 7 heteroatoms. The van der Waals surface area contributed by atoms with Gasteiger partial charge in [0.1, 0.15) is 9.22 Å². The lowest BCUT2D eigenvalue weighted by molar-refractivity contribution is 0.584. The Morgan fingerprint density at radius 1 is 1.04 bits per heavy atom. The van der Waals surface area contributed by atoms with E-state index in [-0.39, 0.29) is 33.5 Å². The highest BCUT2D eigenvalue weighted by molar-refractivity contribution is 7.93. The van der Waals surface area contributed by atoms with Crippen LogP contribution < -0.4 is 5.73 Å². The zero-order valence-electron chi connectivity index (χ0n) is 15.5. The summed E-state index contributed by atoms with van der Waals surface area (Å²) in [6, 6.07) is 15.4. The van der Waals surface area contributed by atoms with Crippen molar-refractivity contribution in [2.24, 2.45) is 5.73 Å². The Morgan fingerprint density at radius 3 is 2.26 bits per heavy atom. The first-order valence-electron chi connectivity index (χ1n) is 8.32. The molecule has 0 unspecified atom stereocenters. The van der Waals surface area contributed by atoms with E-state index in [1.165, 1.54) is 6.20 Å². The molecule has 0 fully saturated rings. The van der Waals surface area contributed by atoms with Crippen LogP contribution in [0.3, 0.4) is 0 Å². The summed E-state index contributed by atoms with van der Waals surface area (Å²) >= 11 is 1.13.